The molecule has 3 nitrogen and oxygen atoms in total. The largest absolute Gasteiger partial charge is 0.416 e. The number of hydrogen-bond acceptors (Lipinski definition) is 3. The van der Waals surface area contributed by atoms with Gasteiger partial charge in [-0.3, -0.25) is 0 Å². The van der Waals surface area contributed by atoms with E-state index in [4.69, 9.17) is 27.6 Å². The highest BCUT2D eigenvalue weighted by atomic mass is 35.5. The van der Waals surface area contributed by atoms with Gasteiger partial charge in [0.1, 0.15) is 0 Å². The van der Waals surface area contributed by atoms with Crippen LogP contribution in [-0.2, 0) is 0 Å². The topological polar surface area (TPSA) is 38.9 Å². The summed E-state index contributed by atoms with van der Waals surface area (Å²) in [6.07, 6.45) is 0. The van der Waals surface area contributed by atoms with Crippen molar-refractivity contribution in [1.29, 1.82) is 0 Å². The molecule has 1 heterocycles. The molecular formula is C14H8Cl2N2O. The lowest BCUT2D eigenvalue weighted by atomic mass is 10.2. The highest BCUT2D eigenvalue weighted by molar-refractivity contribution is 6.30. The van der Waals surface area contributed by atoms with Crippen LogP contribution in [0.15, 0.2) is 52.9 Å². The van der Waals surface area contributed by atoms with Crippen LogP contribution in [0.5, 0.6) is 0 Å². The van der Waals surface area contributed by atoms with Crippen molar-refractivity contribution in [2.45, 2.75) is 0 Å². The molecule has 94 valence electrons. The third-order valence-corrected chi connectivity index (χ3v) is 3.11. The van der Waals surface area contributed by atoms with Crippen LogP contribution in [0.3, 0.4) is 0 Å². The highest BCUT2D eigenvalue weighted by Crippen LogP contribution is 2.25. The number of rotatable bonds is 2. The average molecular weight is 291 g/mol. The maximum absolute atomic E-state index is 5.84. The molecule has 0 aliphatic carbocycles. The molecule has 19 heavy (non-hydrogen) atoms. The van der Waals surface area contributed by atoms with Crippen molar-refractivity contribution in [2.24, 2.45) is 0 Å². The van der Waals surface area contributed by atoms with E-state index in [1.807, 2.05) is 24.3 Å². The molecule has 0 aliphatic rings. The van der Waals surface area contributed by atoms with E-state index in [2.05, 4.69) is 10.2 Å². The molecule has 0 amide bonds. The Hall–Kier alpha value is -1.84. The molecule has 0 spiro atoms. The third-order valence-electron chi connectivity index (χ3n) is 2.61. The van der Waals surface area contributed by atoms with E-state index in [1.165, 1.54) is 0 Å². The van der Waals surface area contributed by atoms with Gasteiger partial charge in [0.05, 0.1) is 0 Å². The van der Waals surface area contributed by atoms with Crippen molar-refractivity contribution in [3.63, 3.8) is 0 Å². The lowest BCUT2D eigenvalue weighted by Gasteiger charge is -1.95. The Morgan fingerprint density at radius 2 is 1.00 bits per heavy atom. The Balaban J connectivity index is 1.95. The zero-order chi connectivity index (χ0) is 13.2. The molecule has 0 fully saturated rings. The standard InChI is InChI=1S/C14H8Cl2N2O/c15-11-5-1-9(2-6-11)13-17-18-14(19-13)10-3-7-12(16)8-4-10/h1-8H. The average Bonchev–Trinajstić information content (AvgIpc) is 2.90. The monoisotopic (exact) mass is 290 g/mol. The van der Waals surface area contributed by atoms with Crippen LogP contribution in [0, 0.1) is 0 Å². The van der Waals surface area contributed by atoms with Crippen LogP contribution < -0.4 is 0 Å². The van der Waals surface area contributed by atoms with Crippen LogP contribution in [0.4, 0.5) is 0 Å². The maximum atomic E-state index is 5.84. The Labute approximate surface area is 119 Å². The van der Waals surface area contributed by atoms with Crippen molar-refractivity contribution in [1.82, 2.24) is 10.2 Å². The first-order chi connectivity index (χ1) is 9.22. The Bertz CT molecular complexity index is 630. The summed E-state index contributed by atoms with van der Waals surface area (Å²) in [5, 5.41) is 9.38. The predicted octanol–water partition coefficient (Wildman–Crippen LogP) is 4.71. The molecule has 1 aromatic heterocycles. The van der Waals surface area contributed by atoms with Gasteiger partial charge in [-0.25, -0.2) is 0 Å². The first-order valence-electron chi connectivity index (χ1n) is 5.58. The summed E-state index contributed by atoms with van der Waals surface area (Å²) in [6, 6.07) is 14.5. The van der Waals surface area contributed by atoms with Gasteiger partial charge >= 0.3 is 0 Å². The number of benzene rings is 2. The second-order valence-electron chi connectivity index (χ2n) is 3.93. The first-order valence-corrected chi connectivity index (χ1v) is 6.33. The molecule has 0 bridgehead atoms. The first kappa shape index (κ1) is 12.2. The van der Waals surface area contributed by atoms with E-state index < -0.39 is 0 Å². The van der Waals surface area contributed by atoms with Gasteiger partial charge in [0, 0.05) is 21.2 Å². The predicted molar refractivity (Wildman–Crippen MR) is 75.2 cm³/mol. The van der Waals surface area contributed by atoms with Gasteiger partial charge in [0.15, 0.2) is 0 Å². The molecule has 0 saturated heterocycles. The molecule has 3 rings (SSSR count). The van der Waals surface area contributed by atoms with E-state index in [9.17, 15) is 0 Å². The maximum Gasteiger partial charge on any atom is 0.248 e. The molecule has 3 aromatic rings. The van der Waals surface area contributed by atoms with Crippen molar-refractivity contribution in [2.75, 3.05) is 0 Å². The van der Waals surface area contributed by atoms with Crippen LogP contribution in [0.2, 0.25) is 10.0 Å². The summed E-state index contributed by atoms with van der Waals surface area (Å²) < 4.78 is 5.63. The van der Waals surface area contributed by atoms with Gasteiger partial charge in [-0.15, -0.1) is 10.2 Å². The molecule has 5 heteroatoms. The molecule has 0 radical (unpaired) electrons. The molecule has 0 atom stereocenters. The van der Waals surface area contributed by atoms with Crippen molar-refractivity contribution in [3.05, 3.63) is 58.6 Å². The van der Waals surface area contributed by atoms with Crippen LogP contribution >= 0.6 is 23.2 Å². The minimum absolute atomic E-state index is 0.460. The van der Waals surface area contributed by atoms with Gasteiger partial charge in [-0.2, -0.15) is 0 Å². The SMILES string of the molecule is Clc1ccc(-c2nnc(-c3ccc(Cl)cc3)o2)cc1. The van der Waals surface area contributed by atoms with Crippen molar-refractivity contribution < 1.29 is 4.42 Å². The lowest BCUT2D eigenvalue weighted by Crippen LogP contribution is -1.77. The summed E-state index contributed by atoms with van der Waals surface area (Å²) in [7, 11) is 0. The summed E-state index contributed by atoms with van der Waals surface area (Å²) in [5.41, 5.74) is 1.66. The third kappa shape index (κ3) is 2.62. The Morgan fingerprint density at radius 3 is 1.37 bits per heavy atom. The molecule has 0 aliphatic heterocycles. The second-order valence-corrected chi connectivity index (χ2v) is 4.80. The molecular weight excluding hydrogens is 283 g/mol. The quantitative estimate of drug-likeness (QED) is 0.686. The summed E-state index contributed by atoms with van der Waals surface area (Å²) in [4.78, 5) is 0. The molecule has 0 saturated carbocycles. The van der Waals surface area contributed by atoms with Crippen LogP contribution in [-0.4, -0.2) is 10.2 Å². The van der Waals surface area contributed by atoms with Crippen LogP contribution in [0.1, 0.15) is 0 Å². The minimum atomic E-state index is 0.460. The second kappa shape index (κ2) is 5.03. The number of aromatic nitrogens is 2. The fourth-order valence-electron chi connectivity index (χ4n) is 1.64. The lowest BCUT2D eigenvalue weighted by molar-refractivity contribution is 0.584. The van der Waals surface area contributed by atoms with Gasteiger partial charge in [-0.05, 0) is 48.5 Å². The highest BCUT2D eigenvalue weighted by Gasteiger charge is 2.10. The van der Waals surface area contributed by atoms with Gasteiger partial charge in [0.2, 0.25) is 11.8 Å². The summed E-state index contributed by atoms with van der Waals surface area (Å²) >= 11 is 11.7. The molecule has 2 aromatic carbocycles. The zero-order valence-electron chi connectivity index (χ0n) is 9.68. The van der Waals surface area contributed by atoms with E-state index in [-0.39, 0.29) is 0 Å². The fraction of sp³-hybridized carbons (Fsp3) is 0. The van der Waals surface area contributed by atoms with Crippen molar-refractivity contribution >= 4 is 23.2 Å². The van der Waals surface area contributed by atoms with E-state index in [0.29, 0.717) is 21.8 Å². The number of halogens is 2. The van der Waals surface area contributed by atoms with E-state index in [1.54, 1.807) is 24.3 Å². The Morgan fingerprint density at radius 1 is 0.632 bits per heavy atom. The number of nitrogens with zero attached hydrogens (tertiary/aromatic N) is 2. The van der Waals surface area contributed by atoms with E-state index >= 15 is 0 Å². The molecule has 0 unspecified atom stereocenters. The summed E-state index contributed by atoms with van der Waals surface area (Å²) in [5.74, 6) is 0.920. The van der Waals surface area contributed by atoms with Gasteiger partial charge in [0.25, 0.3) is 0 Å². The summed E-state index contributed by atoms with van der Waals surface area (Å²) in [6.45, 7) is 0. The Kier molecular flexibility index (Phi) is 3.23. The number of hydrogen-bond donors (Lipinski definition) is 0. The fourth-order valence-corrected chi connectivity index (χ4v) is 1.89. The van der Waals surface area contributed by atoms with Gasteiger partial charge in [-0.1, -0.05) is 23.2 Å². The normalized spacial score (nSPS) is 10.6. The van der Waals surface area contributed by atoms with Gasteiger partial charge < -0.3 is 4.42 Å². The minimum Gasteiger partial charge on any atom is -0.416 e. The van der Waals surface area contributed by atoms with Crippen molar-refractivity contribution in [3.8, 4) is 22.9 Å². The molecule has 0 N–H and O–H groups in total. The smallest absolute Gasteiger partial charge is 0.248 e. The van der Waals surface area contributed by atoms with Crippen LogP contribution in [0.25, 0.3) is 22.9 Å². The van der Waals surface area contributed by atoms with E-state index in [0.717, 1.165) is 11.1 Å². The zero-order valence-corrected chi connectivity index (χ0v) is 11.2.